The fourth-order valence-electron chi connectivity index (χ4n) is 1.29. The summed E-state index contributed by atoms with van der Waals surface area (Å²) in [5.41, 5.74) is 1.81. The van der Waals surface area contributed by atoms with Gasteiger partial charge < -0.3 is 9.64 Å². The van der Waals surface area contributed by atoms with Crippen molar-refractivity contribution >= 4 is 23.2 Å². The number of aryl methyl sites for hydroxylation is 1. The highest BCUT2D eigenvalue weighted by atomic mass is 35.5. The maximum atomic E-state index is 11.7. The molecule has 0 aromatic heterocycles. The molecule has 3 nitrogen and oxygen atoms in total. The third-order valence-corrected chi connectivity index (χ3v) is 2.84. The molecule has 16 heavy (non-hydrogen) atoms. The normalized spacial score (nSPS) is 10.2. The van der Waals surface area contributed by atoms with Crippen LogP contribution in [0.4, 0.5) is 5.69 Å². The van der Waals surface area contributed by atoms with Gasteiger partial charge in [0, 0.05) is 24.9 Å². The summed E-state index contributed by atoms with van der Waals surface area (Å²) in [5, 5.41) is 0.670. The zero-order chi connectivity index (χ0) is 12.1. The van der Waals surface area contributed by atoms with Crippen LogP contribution in [0.5, 0.6) is 0 Å². The summed E-state index contributed by atoms with van der Waals surface area (Å²) in [6.07, 6.45) is 0.374. The number of amides is 1. The van der Waals surface area contributed by atoms with E-state index in [9.17, 15) is 4.79 Å². The summed E-state index contributed by atoms with van der Waals surface area (Å²) in [4.78, 5) is 13.3. The van der Waals surface area contributed by atoms with Crippen LogP contribution in [0.1, 0.15) is 12.0 Å². The van der Waals surface area contributed by atoms with E-state index in [1.54, 1.807) is 25.1 Å². The minimum absolute atomic E-state index is 0.0155. The summed E-state index contributed by atoms with van der Waals surface area (Å²) < 4.78 is 4.87. The molecule has 88 valence electrons. The van der Waals surface area contributed by atoms with Gasteiger partial charge >= 0.3 is 0 Å². The molecule has 0 atom stereocenters. The first kappa shape index (κ1) is 13.0. The molecule has 0 aliphatic rings. The van der Waals surface area contributed by atoms with Crippen molar-refractivity contribution < 1.29 is 9.53 Å². The molecular formula is C12H16ClNO2. The number of rotatable bonds is 4. The first-order chi connectivity index (χ1) is 7.56. The fourth-order valence-corrected chi connectivity index (χ4v) is 1.47. The van der Waals surface area contributed by atoms with Crippen LogP contribution < -0.4 is 4.90 Å². The van der Waals surface area contributed by atoms with Crippen LogP contribution in [0, 0.1) is 6.92 Å². The van der Waals surface area contributed by atoms with Crippen LogP contribution in [0.3, 0.4) is 0 Å². The van der Waals surface area contributed by atoms with Crippen molar-refractivity contribution in [2.75, 3.05) is 25.7 Å². The van der Waals surface area contributed by atoms with Gasteiger partial charge in [0.05, 0.1) is 13.0 Å². The molecule has 4 heteroatoms. The zero-order valence-electron chi connectivity index (χ0n) is 9.79. The van der Waals surface area contributed by atoms with Crippen LogP contribution in [0.2, 0.25) is 5.02 Å². The van der Waals surface area contributed by atoms with E-state index in [0.717, 1.165) is 11.3 Å². The van der Waals surface area contributed by atoms with Crippen LogP contribution in [-0.2, 0) is 9.53 Å². The molecular weight excluding hydrogens is 226 g/mol. The molecule has 0 fully saturated rings. The summed E-state index contributed by atoms with van der Waals surface area (Å²) in [6, 6.07) is 5.57. The maximum absolute atomic E-state index is 11.7. The summed E-state index contributed by atoms with van der Waals surface area (Å²) in [6.45, 7) is 2.36. The number of carbonyl (C=O) groups excluding carboxylic acids is 1. The molecule has 0 aliphatic heterocycles. The minimum Gasteiger partial charge on any atom is -0.384 e. The molecule has 0 heterocycles. The highest BCUT2D eigenvalue weighted by molar-refractivity contribution is 6.31. The number of methoxy groups -OCH3 is 1. The van der Waals surface area contributed by atoms with Crippen molar-refractivity contribution in [2.24, 2.45) is 0 Å². The van der Waals surface area contributed by atoms with E-state index in [4.69, 9.17) is 16.3 Å². The molecule has 0 bridgehead atoms. The smallest absolute Gasteiger partial charge is 0.229 e. The van der Waals surface area contributed by atoms with Crippen LogP contribution in [-0.4, -0.2) is 26.7 Å². The molecule has 0 radical (unpaired) electrons. The number of nitrogens with zero attached hydrogens (tertiary/aromatic N) is 1. The Morgan fingerprint density at radius 3 is 2.75 bits per heavy atom. The fraction of sp³-hybridized carbons (Fsp3) is 0.417. The Morgan fingerprint density at radius 1 is 1.50 bits per heavy atom. The third kappa shape index (κ3) is 3.22. The van der Waals surface area contributed by atoms with Crippen LogP contribution >= 0.6 is 11.6 Å². The largest absolute Gasteiger partial charge is 0.384 e. The van der Waals surface area contributed by atoms with Crippen molar-refractivity contribution in [1.82, 2.24) is 0 Å². The average Bonchev–Trinajstić information content (AvgIpc) is 2.28. The van der Waals surface area contributed by atoms with E-state index in [1.807, 2.05) is 19.1 Å². The number of hydrogen-bond acceptors (Lipinski definition) is 2. The Bertz CT molecular complexity index is 379. The van der Waals surface area contributed by atoms with Gasteiger partial charge in [0.1, 0.15) is 0 Å². The van der Waals surface area contributed by atoms with Crippen molar-refractivity contribution in [3.63, 3.8) is 0 Å². The Hall–Kier alpha value is -1.06. The monoisotopic (exact) mass is 241 g/mol. The number of halogens is 1. The topological polar surface area (TPSA) is 29.5 Å². The molecule has 1 rings (SSSR count). The van der Waals surface area contributed by atoms with Crippen molar-refractivity contribution in [3.8, 4) is 0 Å². The van der Waals surface area contributed by atoms with E-state index in [2.05, 4.69) is 0 Å². The lowest BCUT2D eigenvalue weighted by Crippen LogP contribution is -2.27. The standard InChI is InChI=1S/C12H16ClNO2/c1-9-4-5-10(8-11(9)13)14(2)12(15)6-7-16-3/h4-5,8H,6-7H2,1-3H3. The highest BCUT2D eigenvalue weighted by Gasteiger charge is 2.11. The summed E-state index contributed by atoms with van der Waals surface area (Å²) in [7, 11) is 3.31. The lowest BCUT2D eigenvalue weighted by atomic mass is 10.2. The minimum atomic E-state index is 0.0155. The highest BCUT2D eigenvalue weighted by Crippen LogP contribution is 2.22. The number of ether oxygens (including phenoxy) is 1. The van der Waals surface area contributed by atoms with Gasteiger partial charge in [-0.3, -0.25) is 4.79 Å². The van der Waals surface area contributed by atoms with Crippen LogP contribution in [0.25, 0.3) is 0 Å². The van der Waals surface area contributed by atoms with E-state index >= 15 is 0 Å². The van der Waals surface area contributed by atoms with Gasteiger partial charge in [0.25, 0.3) is 0 Å². The van der Waals surface area contributed by atoms with Gasteiger partial charge in [-0.25, -0.2) is 0 Å². The third-order valence-electron chi connectivity index (χ3n) is 2.44. The number of anilines is 1. The first-order valence-electron chi connectivity index (χ1n) is 5.08. The van der Waals surface area contributed by atoms with Crippen molar-refractivity contribution in [1.29, 1.82) is 0 Å². The molecule has 0 saturated carbocycles. The average molecular weight is 242 g/mol. The molecule has 1 amide bonds. The predicted octanol–water partition coefficient (Wildman–Crippen LogP) is 2.65. The van der Waals surface area contributed by atoms with Gasteiger partial charge in [-0.1, -0.05) is 17.7 Å². The molecule has 1 aromatic carbocycles. The van der Waals surface area contributed by atoms with Gasteiger partial charge in [0.15, 0.2) is 0 Å². The first-order valence-corrected chi connectivity index (χ1v) is 5.45. The zero-order valence-corrected chi connectivity index (χ0v) is 10.5. The Balaban J connectivity index is 2.75. The summed E-state index contributed by atoms with van der Waals surface area (Å²) in [5.74, 6) is 0.0155. The van der Waals surface area contributed by atoms with E-state index in [-0.39, 0.29) is 5.91 Å². The Morgan fingerprint density at radius 2 is 2.19 bits per heavy atom. The second-order valence-corrected chi connectivity index (χ2v) is 4.04. The SMILES string of the molecule is COCCC(=O)N(C)c1ccc(C)c(Cl)c1. The molecule has 0 unspecified atom stereocenters. The Kier molecular flexibility index (Phi) is 4.77. The molecule has 0 spiro atoms. The van der Waals surface area contributed by atoms with Gasteiger partial charge in [0.2, 0.25) is 5.91 Å². The maximum Gasteiger partial charge on any atom is 0.229 e. The summed E-state index contributed by atoms with van der Waals surface area (Å²) >= 11 is 6.00. The van der Waals surface area contributed by atoms with E-state index < -0.39 is 0 Å². The van der Waals surface area contributed by atoms with E-state index in [0.29, 0.717) is 18.1 Å². The second-order valence-electron chi connectivity index (χ2n) is 3.63. The van der Waals surface area contributed by atoms with Gasteiger partial charge in [-0.15, -0.1) is 0 Å². The lowest BCUT2D eigenvalue weighted by molar-refractivity contribution is -0.119. The molecule has 1 aromatic rings. The number of carbonyl (C=O) groups is 1. The quantitative estimate of drug-likeness (QED) is 0.811. The molecule has 0 aliphatic carbocycles. The predicted molar refractivity (Wildman–Crippen MR) is 66.1 cm³/mol. The van der Waals surface area contributed by atoms with Gasteiger partial charge in [-0.2, -0.15) is 0 Å². The van der Waals surface area contributed by atoms with Crippen molar-refractivity contribution in [2.45, 2.75) is 13.3 Å². The number of hydrogen-bond donors (Lipinski definition) is 0. The Labute approximate surface area is 101 Å². The van der Waals surface area contributed by atoms with E-state index in [1.165, 1.54) is 0 Å². The van der Waals surface area contributed by atoms with Gasteiger partial charge in [-0.05, 0) is 24.6 Å². The molecule has 0 saturated heterocycles. The van der Waals surface area contributed by atoms with Crippen molar-refractivity contribution in [3.05, 3.63) is 28.8 Å². The second kappa shape index (κ2) is 5.87. The van der Waals surface area contributed by atoms with Crippen LogP contribution in [0.15, 0.2) is 18.2 Å². The lowest BCUT2D eigenvalue weighted by Gasteiger charge is -2.17. The number of benzene rings is 1. The molecule has 0 N–H and O–H groups in total.